The summed E-state index contributed by atoms with van der Waals surface area (Å²) in [4.78, 5) is 16.8. The first-order valence-corrected chi connectivity index (χ1v) is 9.81. The van der Waals surface area contributed by atoms with E-state index in [0.29, 0.717) is 12.2 Å². The SMILES string of the molecule is CN(CC1Cc2ccccc2O1)C(=O)c1cn(CCN2CCCCC2)nn1. The van der Waals surface area contributed by atoms with Crippen LogP contribution in [0, 0.1) is 0 Å². The van der Waals surface area contributed by atoms with E-state index in [9.17, 15) is 4.79 Å². The molecule has 2 aromatic rings. The van der Waals surface area contributed by atoms with E-state index in [-0.39, 0.29) is 12.0 Å². The molecule has 0 spiro atoms. The van der Waals surface area contributed by atoms with Crippen molar-refractivity contribution in [2.24, 2.45) is 0 Å². The van der Waals surface area contributed by atoms with Crippen molar-refractivity contribution in [3.8, 4) is 5.75 Å². The number of rotatable bonds is 6. The largest absolute Gasteiger partial charge is 0.488 e. The fourth-order valence-corrected chi connectivity index (χ4v) is 3.87. The maximum Gasteiger partial charge on any atom is 0.275 e. The van der Waals surface area contributed by atoms with E-state index in [0.717, 1.165) is 38.3 Å². The Hall–Kier alpha value is -2.41. The first-order chi connectivity index (χ1) is 13.2. The highest BCUT2D eigenvalue weighted by molar-refractivity contribution is 5.91. The molecule has 1 fully saturated rings. The molecule has 7 heteroatoms. The molecular weight excluding hydrogens is 342 g/mol. The minimum Gasteiger partial charge on any atom is -0.488 e. The molecule has 1 aromatic heterocycles. The van der Waals surface area contributed by atoms with Gasteiger partial charge in [-0.05, 0) is 37.6 Å². The number of hydrogen-bond acceptors (Lipinski definition) is 5. The van der Waals surface area contributed by atoms with Crippen LogP contribution in [0.15, 0.2) is 30.5 Å². The van der Waals surface area contributed by atoms with Crippen LogP contribution in [-0.2, 0) is 13.0 Å². The number of aromatic nitrogens is 3. The summed E-state index contributed by atoms with van der Waals surface area (Å²) >= 11 is 0. The summed E-state index contributed by atoms with van der Waals surface area (Å²) in [5.74, 6) is 0.811. The first kappa shape index (κ1) is 18.0. The summed E-state index contributed by atoms with van der Waals surface area (Å²) in [5.41, 5.74) is 1.60. The van der Waals surface area contributed by atoms with Crippen LogP contribution < -0.4 is 4.74 Å². The van der Waals surface area contributed by atoms with Crippen molar-refractivity contribution in [1.82, 2.24) is 24.8 Å². The van der Waals surface area contributed by atoms with E-state index >= 15 is 0 Å². The van der Waals surface area contributed by atoms with Gasteiger partial charge in [0.1, 0.15) is 11.9 Å². The number of para-hydroxylation sites is 1. The summed E-state index contributed by atoms with van der Waals surface area (Å²) in [5, 5.41) is 8.21. The lowest BCUT2D eigenvalue weighted by Gasteiger charge is -2.25. The van der Waals surface area contributed by atoms with Crippen molar-refractivity contribution in [3.63, 3.8) is 0 Å². The molecule has 2 aliphatic heterocycles. The zero-order chi connectivity index (χ0) is 18.6. The molecule has 0 bridgehead atoms. The van der Waals surface area contributed by atoms with Crippen molar-refractivity contribution in [2.75, 3.05) is 33.2 Å². The Morgan fingerprint density at radius 2 is 2.04 bits per heavy atom. The van der Waals surface area contributed by atoms with E-state index in [1.807, 2.05) is 18.2 Å². The summed E-state index contributed by atoms with van der Waals surface area (Å²) in [6.07, 6.45) is 6.47. The Bertz CT molecular complexity index is 759. The van der Waals surface area contributed by atoms with Gasteiger partial charge >= 0.3 is 0 Å². The minimum absolute atomic E-state index is 0.00880. The molecule has 1 unspecified atom stereocenters. The van der Waals surface area contributed by atoms with Gasteiger partial charge in [-0.3, -0.25) is 9.48 Å². The molecule has 3 heterocycles. The molecule has 0 saturated carbocycles. The number of nitrogens with zero attached hydrogens (tertiary/aromatic N) is 5. The van der Waals surface area contributed by atoms with Crippen molar-refractivity contribution < 1.29 is 9.53 Å². The summed E-state index contributed by atoms with van der Waals surface area (Å²) < 4.78 is 7.71. The highest BCUT2D eigenvalue weighted by Gasteiger charge is 2.26. The number of fused-ring (bicyclic) bond motifs is 1. The first-order valence-electron chi connectivity index (χ1n) is 9.81. The number of carbonyl (C=O) groups excluding carboxylic acids is 1. The molecule has 27 heavy (non-hydrogen) atoms. The van der Waals surface area contributed by atoms with Crippen LogP contribution in [0.4, 0.5) is 0 Å². The second-order valence-electron chi connectivity index (χ2n) is 7.51. The molecule has 4 rings (SSSR count). The molecule has 1 saturated heterocycles. The van der Waals surface area contributed by atoms with E-state index in [1.165, 1.54) is 24.8 Å². The van der Waals surface area contributed by atoms with Crippen molar-refractivity contribution in [1.29, 1.82) is 0 Å². The van der Waals surface area contributed by atoms with Crippen LogP contribution in [0.2, 0.25) is 0 Å². The second kappa shape index (κ2) is 8.08. The second-order valence-corrected chi connectivity index (χ2v) is 7.51. The topological polar surface area (TPSA) is 63.5 Å². The van der Waals surface area contributed by atoms with Gasteiger partial charge in [0.05, 0.1) is 19.3 Å². The zero-order valence-electron chi connectivity index (χ0n) is 15.9. The molecule has 0 radical (unpaired) electrons. The van der Waals surface area contributed by atoms with Gasteiger partial charge in [-0.1, -0.05) is 29.8 Å². The van der Waals surface area contributed by atoms with Crippen molar-refractivity contribution in [2.45, 2.75) is 38.3 Å². The molecule has 1 amide bonds. The van der Waals surface area contributed by atoms with E-state index < -0.39 is 0 Å². The number of amides is 1. The smallest absolute Gasteiger partial charge is 0.275 e. The lowest BCUT2D eigenvalue weighted by atomic mass is 10.1. The van der Waals surface area contributed by atoms with E-state index in [2.05, 4.69) is 21.3 Å². The van der Waals surface area contributed by atoms with Gasteiger partial charge in [0.2, 0.25) is 0 Å². The lowest BCUT2D eigenvalue weighted by molar-refractivity contribution is 0.0724. The number of benzene rings is 1. The van der Waals surface area contributed by atoms with Crippen molar-refractivity contribution >= 4 is 5.91 Å². The predicted molar refractivity (Wildman–Crippen MR) is 102 cm³/mol. The third-order valence-corrected chi connectivity index (χ3v) is 5.39. The highest BCUT2D eigenvalue weighted by Crippen LogP contribution is 2.28. The van der Waals surface area contributed by atoms with Gasteiger partial charge in [0, 0.05) is 20.0 Å². The molecule has 1 aromatic carbocycles. The van der Waals surface area contributed by atoms with Gasteiger partial charge in [-0.25, -0.2) is 0 Å². The van der Waals surface area contributed by atoms with E-state index in [4.69, 9.17) is 4.74 Å². The highest BCUT2D eigenvalue weighted by atomic mass is 16.5. The number of piperidine rings is 1. The van der Waals surface area contributed by atoms with Crippen LogP contribution >= 0.6 is 0 Å². The minimum atomic E-state index is -0.112. The Kier molecular flexibility index (Phi) is 5.38. The Balaban J connectivity index is 1.28. The number of hydrogen-bond donors (Lipinski definition) is 0. The number of likely N-dealkylation sites (N-methyl/N-ethyl adjacent to an activating group) is 1. The number of carbonyl (C=O) groups is 1. The summed E-state index contributed by atoms with van der Waals surface area (Å²) in [7, 11) is 1.79. The number of likely N-dealkylation sites (tertiary alicyclic amines) is 1. The maximum atomic E-state index is 12.7. The normalized spacial score (nSPS) is 19.5. The average Bonchev–Trinajstić information content (AvgIpc) is 3.33. The Morgan fingerprint density at radius 3 is 2.85 bits per heavy atom. The third-order valence-electron chi connectivity index (χ3n) is 5.39. The summed E-state index contributed by atoms with van der Waals surface area (Å²) in [6, 6.07) is 8.04. The molecule has 0 N–H and O–H groups in total. The van der Waals surface area contributed by atoms with Crippen molar-refractivity contribution in [3.05, 3.63) is 41.7 Å². The predicted octanol–water partition coefficient (Wildman–Crippen LogP) is 1.84. The fourth-order valence-electron chi connectivity index (χ4n) is 3.87. The lowest BCUT2D eigenvalue weighted by Crippen LogP contribution is -2.36. The van der Waals surface area contributed by atoms with Crippen LogP contribution in [0.25, 0.3) is 0 Å². The Labute approximate surface area is 159 Å². The van der Waals surface area contributed by atoms with Gasteiger partial charge < -0.3 is 14.5 Å². The van der Waals surface area contributed by atoms with Gasteiger partial charge in [-0.15, -0.1) is 5.10 Å². The van der Waals surface area contributed by atoms with Crippen LogP contribution in [0.1, 0.15) is 35.3 Å². The fraction of sp³-hybridized carbons (Fsp3) is 0.550. The molecule has 144 valence electrons. The van der Waals surface area contributed by atoms with E-state index in [1.54, 1.807) is 22.8 Å². The monoisotopic (exact) mass is 369 g/mol. The average molecular weight is 369 g/mol. The molecule has 2 aliphatic rings. The van der Waals surface area contributed by atoms with Gasteiger partial charge in [-0.2, -0.15) is 0 Å². The molecule has 0 aliphatic carbocycles. The third kappa shape index (κ3) is 4.30. The maximum absolute atomic E-state index is 12.7. The van der Waals surface area contributed by atoms with Crippen LogP contribution in [0.5, 0.6) is 5.75 Å². The molecular formula is C20H27N5O2. The standard InChI is InChI=1S/C20H27N5O2/c1-23(14-17-13-16-7-3-4-8-19(16)27-17)20(26)18-15-25(22-21-18)12-11-24-9-5-2-6-10-24/h3-4,7-8,15,17H,2,5-6,9-14H2,1H3. The van der Waals surface area contributed by atoms with Gasteiger partial charge in [0.25, 0.3) is 5.91 Å². The zero-order valence-corrected chi connectivity index (χ0v) is 15.9. The van der Waals surface area contributed by atoms with Gasteiger partial charge in [0.15, 0.2) is 5.69 Å². The molecule has 1 atom stereocenters. The summed E-state index contributed by atoms with van der Waals surface area (Å²) in [6.45, 7) is 4.58. The Morgan fingerprint density at radius 1 is 1.22 bits per heavy atom. The van der Waals surface area contributed by atoms with Crippen LogP contribution in [0.3, 0.4) is 0 Å². The molecule has 7 nitrogen and oxygen atoms in total. The number of ether oxygens (including phenoxy) is 1. The van der Waals surface area contributed by atoms with Crippen LogP contribution in [-0.4, -0.2) is 70.0 Å². The quantitative estimate of drug-likeness (QED) is 0.777.